The van der Waals surface area contributed by atoms with Gasteiger partial charge in [-0.1, -0.05) is 18.2 Å². The molecular formula is C18H18F2N2O3. The maximum atomic E-state index is 12.1. The molecule has 0 radical (unpaired) electrons. The van der Waals surface area contributed by atoms with Crippen LogP contribution in [-0.4, -0.2) is 25.0 Å². The van der Waals surface area contributed by atoms with Crippen LogP contribution in [0.5, 0.6) is 5.75 Å². The van der Waals surface area contributed by atoms with Crippen LogP contribution in [0, 0.1) is 0 Å². The summed E-state index contributed by atoms with van der Waals surface area (Å²) in [5, 5.41) is 5.39. The van der Waals surface area contributed by atoms with Gasteiger partial charge in [0.15, 0.2) is 0 Å². The lowest BCUT2D eigenvalue weighted by molar-refractivity contribution is -0.114. The molecule has 0 unspecified atom stereocenters. The zero-order chi connectivity index (χ0) is 18.2. The Morgan fingerprint density at radius 3 is 2.48 bits per heavy atom. The Hall–Kier alpha value is -2.96. The highest BCUT2D eigenvalue weighted by Gasteiger charge is 2.07. The number of ether oxygens (including phenoxy) is 1. The molecule has 0 aliphatic carbocycles. The molecule has 0 saturated carbocycles. The summed E-state index contributed by atoms with van der Waals surface area (Å²) in [6.45, 7) is -1.07. The zero-order valence-corrected chi connectivity index (χ0v) is 13.6. The molecule has 0 atom stereocenters. The second-order valence-corrected chi connectivity index (χ2v) is 5.29. The predicted molar refractivity (Wildman–Crippen MR) is 89.9 cm³/mol. The minimum atomic E-state index is -2.85. The van der Waals surface area contributed by atoms with Gasteiger partial charge < -0.3 is 15.4 Å². The molecule has 132 valence electrons. The third-order valence-electron chi connectivity index (χ3n) is 3.29. The number of carbonyl (C=O) groups is 2. The second kappa shape index (κ2) is 8.77. The number of hydrogen-bond donors (Lipinski definition) is 2. The van der Waals surface area contributed by atoms with Crippen molar-refractivity contribution in [1.82, 2.24) is 5.32 Å². The molecule has 0 aliphatic rings. The quantitative estimate of drug-likeness (QED) is 0.807. The van der Waals surface area contributed by atoms with Crippen molar-refractivity contribution >= 4 is 17.5 Å². The van der Waals surface area contributed by atoms with Crippen molar-refractivity contribution in [3.63, 3.8) is 0 Å². The first-order valence-electron chi connectivity index (χ1n) is 7.63. The number of alkyl halides is 2. The smallest absolute Gasteiger partial charge is 0.387 e. The van der Waals surface area contributed by atoms with Crippen LogP contribution in [0.4, 0.5) is 14.5 Å². The third kappa shape index (κ3) is 6.21. The van der Waals surface area contributed by atoms with E-state index in [4.69, 9.17) is 0 Å². The van der Waals surface area contributed by atoms with Gasteiger partial charge in [-0.05, 0) is 42.3 Å². The highest BCUT2D eigenvalue weighted by Crippen LogP contribution is 2.15. The van der Waals surface area contributed by atoms with Crippen molar-refractivity contribution in [3.05, 3.63) is 59.7 Å². The maximum Gasteiger partial charge on any atom is 0.387 e. The first-order chi connectivity index (χ1) is 11.9. The van der Waals surface area contributed by atoms with Crippen LogP contribution in [0.25, 0.3) is 0 Å². The summed E-state index contributed by atoms with van der Waals surface area (Å²) in [4.78, 5) is 23.2. The van der Waals surface area contributed by atoms with E-state index in [0.29, 0.717) is 24.2 Å². The van der Waals surface area contributed by atoms with Crippen LogP contribution in [0.1, 0.15) is 22.8 Å². The third-order valence-corrected chi connectivity index (χ3v) is 3.29. The van der Waals surface area contributed by atoms with E-state index in [-0.39, 0.29) is 17.6 Å². The van der Waals surface area contributed by atoms with Gasteiger partial charge in [-0.3, -0.25) is 9.59 Å². The number of carbonyl (C=O) groups excluding carboxylic acids is 2. The van der Waals surface area contributed by atoms with Crippen molar-refractivity contribution in [2.45, 2.75) is 20.0 Å². The van der Waals surface area contributed by atoms with E-state index in [1.807, 2.05) is 0 Å². The standard InChI is InChI=1S/C18H18F2N2O3/c1-12(23)22-15-4-2-3-14(11-15)17(24)21-10-9-13-5-7-16(8-6-13)25-18(19)20/h2-8,11,18H,9-10H2,1H3,(H,21,24)(H,22,23). The van der Waals surface area contributed by atoms with E-state index in [2.05, 4.69) is 15.4 Å². The highest BCUT2D eigenvalue weighted by molar-refractivity contribution is 5.96. The minimum Gasteiger partial charge on any atom is -0.435 e. The van der Waals surface area contributed by atoms with Crippen molar-refractivity contribution in [2.24, 2.45) is 0 Å². The molecule has 7 heteroatoms. The fraction of sp³-hybridized carbons (Fsp3) is 0.222. The second-order valence-electron chi connectivity index (χ2n) is 5.29. The predicted octanol–water partition coefficient (Wildman–Crippen LogP) is 3.22. The van der Waals surface area contributed by atoms with E-state index in [1.165, 1.54) is 19.1 Å². The molecule has 0 bridgehead atoms. The Morgan fingerprint density at radius 1 is 1.12 bits per heavy atom. The minimum absolute atomic E-state index is 0.0950. The summed E-state index contributed by atoms with van der Waals surface area (Å²) < 4.78 is 28.4. The van der Waals surface area contributed by atoms with Crippen LogP contribution in [0.3, 0.4) is 0 Å². The SMILES string of the molecule is CC(=O)Nc1cccc(C(=O)NCCc2ccc(OC(F)F)cc2)c1. The molecule has 0 saturated heterocycles. The Morgan fingerprint density at radius 2 is 1.84 bits per heavy atom. The Bertz CT molecular complexity index is 733. The molecular weight excluding hydrogens is 330 g/mol. The Kier molecular flexibility index (Phi) is 6.45. The lowest BCUT2D eigenvalue weighted by Gasteiger charge is -2.08. The number of nitrogens with one attached hydrogen (secondary N) is 2. The van der Waals surface area contributed by atoms with E-state index in [1.54, 1.807) is 36.4 Å². The first-order valence-corrected chi connectivity index (χ1v) is 7.63. The van der Waals surface area contributed by atoms with E-state index < -0.39 is 6.61 Å². The van der Waals surface area contributed by atoms with Crippen LogP contribution < -0.4 is 15.4 Å². The van der Waals surface area contributed by atoms with Crippen molar-refractivity contribution in [2.75, 3.05) is 11.9 Å². The van der Waals surface area contributed by atoms with Crippen LogP contribution in [-0.2, 0) is 11.2 Å². The number of halogens is 2. The summed E-state index contributed by atoms with van der Waals surface area (Å²) in [7, 11) is 0. The number of anilines is 1. The fourth-order valence-electron chi connectivity index (χ4n) is 2.20. The maximum absolute atomic E-state index is 12.1. The van der Waals surface area contributed by atoms with Crippen LogP contribution in [0.2, 0.25) is 0 Å². The summed E-state index contributed by atoms with van der Waals surface area (Å²) in [6.07, 6.45) is 0.548. The molecule has 0 aliphatic heterocycles. The molecule has 2 amide bonds. The average molecular weight is 348 g/mol. The molecule has 2 N–H and O–H groups in total. The highest BCUT2D eigenvalue weighted by atomic mass is 19.3. The monoisotopic (exact) mass is 348 g/mol. The first kappa shape index (κ1) is 18.4. The van der Waals surface area contributed by atoms with Gasteiger partial charge in [0.2, 0.25) is 5.91 Å². The van der Waals surface area contributed by atoms with Crippen LogP contribution in [0.15, 0.2) is 48.5 Å². The van der Waals surface area contributed by atoms with Gasteiger partial charge in [0.1, 0.15) is 5.75 Å². The van der Waals surface area contributed by atoms with Gasteiger partial charge in [-0.15, -0.1) is 0 Å². The Balaban J connectivity index is 1.85. The molecule has 5 nitrogen and oxygen atoms in total. The number of rotatable bonds is 7. The largest absolute Gasteiger partial charge is 0.435 e. The fourth-order valence-corrected chi connectivity index (χ4v) is 2.20. The summed E-state index contributed by atoms with van der Waals surface area (Å²) in [5.41, 5.74) is 1.87. The summed E-state index contributed by atoms with van der Waals surface area (Å²) >= 11 is 0. The molecule has 2 aromatic carbocycles. The van der Waals surface area contributed by atoms with E-state index >= 15 is 0 Å². The van der Waals surface area contributed by atoms with Crippen LogP contribution >= 0.6 is 0 Å². The summed E-state index contributed by atoms with van der Waals surface area (Å²) in [5.74, 6) is -0.376. The molecule has 0 spiro atoms. The molecule has 0 heterocycles. The van der Waals surface area contributed by atoms with Crippen molar-refractivity contribution < 1.29 is 23.1 Å². The molecule has 25 heavy (non-hydrogen) atoms. The van der Waals surface area contributed by atoms with Crippen molar-refractivity contribution in [1.29, 1.82) is 0 Å². The molecule has 0 fully saturated rings. The Labute approximate surface area is 144 Å². The molecule has 2 aromatic rings. The van der Waals surface area contributed by atoms with Gasteiger partial charge in [0.05, 0.1) is 0 Å². The summed E-state index contributed by atoms with van der Waals surface area (Å²) in [6, 6.07) is 12.9. The number of hydrogen-bond acceptors (Lipinski definition) is 3. The average Bonchev–Trinajstić information content (AvgIpc) is 2.55. The van der Waals surface area contributed by atoms with E-state index in [9.17, 15) is 18.4 Å². The number of amides is 2. The van der Waals surface area contributed by atoms with Crippen molar-refractivity contribution in [3.8, 4) is 5.75 Å². The van der Waals surface area contributed by atoms with E-state index in [0.717, 1.165) is 5.56 Å². The molecule has 2 rings (SSSR count). The zero-order valence-electron chi connectivity index (χ0n) is 13.6. The topological polar surface area (TPSA) is 67.4 Å². The molecule has 0 aromatic heterocycles. The van der Waals surface area contributed by atoms with Gasteiger partial charge in [0.25, 0.3) is 5.91 Å². The lowest BCUT2D eigenvalue weighted by Crippen LogP contribution is -2.25. The van der Waals surface area contributed by atoms with Gasteiger partial charge in [-0.25, -0.2) is 0 Å². The van der Waals surface area contributed by atoms with Gasteiger partial charge >= 0.3 is 6.61 Å². The number of benzene rings is 2. The lowest BCUT2D eigenvalue weighted by atomic mass is 10.1. The van der Waals surface area contributed by atoms with Gasteiger partial charge in [-0.2, -0.15) is 8.78 Å². The van der Waals surface area contributed by atoms with Gasteiger partial charge in [0, 0.05) is 24.7 Å². The normalized spacial score (nSPS) is 10.4.